The number of carbonyl (C=O) groups is 1. The molecule has 0 aliphatic carbocycles. The van der Waals surface area contributed by atoms with Crippen molar-refractivity contribution in [1.29, 1.82) is 0 Å². The summed E-state index contributed by atoms with van der Waals surface area (Å²) >= 11 is 0. The SMILES string of the molecule is COC(=O)C1(Nc2ccccc2C)CCCS(=O)(=O)C1. The molecule has 1 unspecified atom stereocenters. The molecule has 1 atom stereocenters. The fourth-order valence-corrected chi connectivity index (χ4v) is 4.40. The first-order valence-electron chi connectivity index (χ1n) is 6.51. The maximum atomic E-state index is 12.1. The van der Waals surface area contributed by atoms with Crippen molar-refractivity contribution in [2.75, 3.05) is 23.9 Å². The van der Waals surface area contributed by atoms with E-state index in [2.05, 4.69) is 5.32 Å². The molecule has 20 heavy (non-hydrogen) atoms. The third kappa shape index (κ3) is 2.95. The molecule has 1 saturated heterocycles. The second kappa shape index (κ2) is 5.44. The summed E-state index contributed by atoms with van der Waals surface area (Å²) in [5, 5.41) is 3.12. The highest BCUT2D eigenvalue weighted by Crippen LogP contribution is 2.30. The highest BCUT2D eigenvalue weighted by atomic mass is 32.2. The Morgan fingerprint density at radius 3 is 2.65 bits per heavy atom. The van der Waals surface area contributed by atoms with Gasteiger partial charge >= 0.3 is 5.97 Å². The van der Waals surface area contributed by atoms with Crippen LogP contribution in [0.2, 0.25) is 0 Å². The molecular weight excluding hydrogens is 278 g/mol. The van der Waals surface area contributed by atoms with Crippen LogP contribution in [0.3, 0.4) is 0 Å². The number of ether oxygens (including phenoxy) is 1. The lowest BCUT2D eigenvalue weighted by atomic mass is 9.94. The monoisotopic (exact) mass is 297 g/mol. The molecule has 0 bridgehead atoms. The summed E-state index contributed by atoms with van der Waals surface area (Å²) in [6.07, 6.45) is 0.906. The normalized spacial score (nSPS) is 24.9. The van der Waals surface area contributed by atoms with Gasteiger partial charge < -0.3 is 10.1 Å². The predicted octanol–water partition coefficient (Wildman–Crippen LogP) is 1.53. The highest BCUT2D eigenvalue weighted by Gasteiger charge is 2.46. The Labute approximate surface area is 119 Å². The van der Waals surface area contributed by atoms with Gasteiger partial charge in [-0.3, -0.25) is 0 Å². The van der Waals surface area contributed by atoms with Gasteiger partial charge in [0, 0.05) is 5.69 Å². The highest BCUT2D eigenvalue weighted by molar-refractivity contribution is 7.91. The van der Waals surface area contributed by atoms with E-state index in [0.717, 1.165) is 11.3 Å². The van der Waals surface area contributed by atoms with E-state index in [4.69, 9.17) is 4.74 Å². The van der Waals surface area contributed by atoms with Crippen molar-refractivity contribution >= 4 is 21.5 Å². The van der Waals surface area contributed by atoms with Crippen LogP contribution < -0.4 is 5.32 Å². The summed E-state index contributed by atoms with van der Waals surface area (Å²) in [5.41, 5.74) is 0.534. The van der Waals surface area contributed by atoms with Crippen molar-refractivity contribution in [2.45, 2.75) is 25.3 Å². The molecule has 0 saturated carbocycles. The molecule has 110 valence electrons. The number of hydrogen-bond donors (Lipinski definition) is 1. The van der Waals surface area contributed by atoms with Crippen molar-refractivity contribution < 1.29 is 17.9 Å². The van der Waals surface area contributed by atoms with Gasteiger partial charge in [0.15, 0.2) is 9.84 Å². The van der Waals surface area contributed by atoms with E-state index < -0.39 is 21.3 Å². The lowest BCUT2D eigenvalue weighted by Crippen LogP contribution is -2.55. The van der Waals surface area contributed by atoms with E-state index in [1.807, 2.05) is 31.2 Å². The first-order valence-corrected chi connectivity index (χ1v) is 8.33. The third-order valence-corrected chi connectivity index (χ3v) is 5.46. The second-order valence-corrected chi connectivity index (χ2v) is 7.39. The summed E-state index contributed by atoms with van der Waals surface area (Å²) in [6.45, 7) is 1.91. The van der Waals surface area contributed by atoms with Gasteiger partial charge in [-0.15, -0.1) is 0 Å². The van der Waals surface area contributed by atoms with Crippen LogP contribution in [0, 0.1) is 6.92 Å². The number of aryl methyl sites for hydroxylation is 1. The zero-order valence-electron chi connectivity index (χ0n) is 11.7. The van der Waals surface area contributed by atoms with Crippen molar-refractivity contribution in [1.82, 2.24) is 0 Å². The summed E-state index contributed by atoms with van der Waals surface area (Å²) in [7, 11) is -1.96. The Hall–Kier alpha value is -1.56. The van der Waals surface area contributed by atoms with E-state index in [1.165, 1.54) is 7.11 Å². The second-order valence-electron chi connectivity index (χ2n) is 5.21. The van der Waals surface area contributed by atoms with Gasteiger partial charge in [-0.05, 0) is 31.4 Å². The van der Waals surface area contributed by atoms with Gasteiger partial charge in [0.1, 0.15) is 5.54 Å². The van der Waals surface area contributed by atoms with Gasteiger partial charge in [0.05, 0.1) is 18.6 Å². The standard InChI is InChI=1S/C14H19NO4S/c1-11-6-3-4-7-12(11)15-14(13(16)19-2)8-5-9-20(17,18)10-14/h3-4,6-7,15H,5,8-10H2,1-2H3. The average Bonchev–Trinajstić information content (AvgIpc) is 2.39. The maximum absolute atomic E-state index is 12.1. The van der Waals surface area contributed by atoms with Crippen molar-refractivity contribution in [2.24, 2.45) is 0 Å². The van der Waals surface area contributed by atoms with Crippen molar-refractivity contribution in [3.05, 3.63) is 29.8 Å². The number of rotatable bonds is 3. The fraction of sp³-hybridized carbons (Fsp3) is 0.500. The molecule has 1 aromatic rings. The van der Waals surface area contributed by atoms with Gasteiger partial charge in [-0.2, -0.15) is 0 Å². The molecule has 2 rings (SSSR count). The zero-order valence-corrected chi connectivity index (χ0v) is 12.5. The van der Waals surface area contributed by atoms with E-state index >= 15 is 0 Å². The predicted molar refractivity (Wildman–Crippen MR) is 77.4 cm³/mol. The van der Waals surface area contributed by atoms with Gasteiger partial charge in [-0.25, -0.2) is 13.2 Å². The topological polar surface area (TPSA) is 72.5 Å². The molecule has 5 nitrogen and oxygen atoms in total. The number of anilines is 1. The Bertz CT molecular complexity index is 611. The number of para-hydroxylation sites is 1. The minimum Gasteiger partial charge on any atom is -0.467 e. The van der Waals surface area contributed by atoms with Crippen LogP contribution in [0.15, 0.2) is 24.3 Å². The van der Waals surface area contributed by atoms with Crippen LogP contribution in [0.4, 0.5) is 5.69 Å². The van der Waals surface area contributed by atoms with E-state index in [1.54, 1.807) is 0 Å². The van der Waals surface area contributed by atoms with Gasteiger partial charge in [0.2, 0.25) is 0 Å². The molecule has 1 aliphatic rings. The van der Waals surface area contributed by atoms with Crippen LogP contribution in [0.5, 0.6) is 0 Å². The lowest BCUT2D eigenvalue weighted by molar-refractivity contribution is -0.145. The number of sulfone groups is 1. The zero-order chi connectivity index (χ0) is 14.8. The summed E-state index contributed by atoms with van der Waals surface area (Å²) in [5.74, 6) is -0.619. The Morgan fingerprint density at radius 2 is 2.05 bits per heavy atom. The van der Waals surface area contributed by atoms with Crippen molar-refractivity contribution in [3.8, 4) is 0 Å². The maximum Gasteiger partial charge on any atom is 0.332 e. The molecule has 6 heteroatoms. The third-order valence-electron chi connectivity index (χ3n) is 3.62. The average molecular weight is 297 g/mol. The molecule has 1 aliphatic heterocycles. The van der Waals surface area contributed by atoms with E-state index in [-0.39, 0.29) is 11.5 Å². The van der Waals surface area contributed by atoms with Crippen molar-refractivity contribution in [3.63, 3.8) is 0 Å². The summed E-state index contributed by atoms with van der Waals surface area (Å²) in [4.78, 5) is 12.1. The molecular formula is C14H19NO4S. The quantitative estimate of drug-likeness (QED) is 0.857. The molecule has 1 N–H and O–H groups in total. The van der Waals surface area contributed by atoms with Gasteiger partial charge in [-0.1, -0.05) is 18.2 Å². The molecule has 1 aromatic carbocycles. The largest absolute Gasteiger partial charge is 0.467 e. The van der Waals surface area contributed by atoms with Crippen LogP contribution in [0.1, 0.15) is 18.4 Å². The smallest absolute Gasteiger partial charge is 0.332 e. The fourth-order valence-electron chi connectivity index (χ4n) is 2.59. The number of hydrogen-bond acceptors (Lipinski definition) is 5. The molecule has 0 amide bonds. The van der Waals surface area contributed by atoms with Crippen LogP contribution >= 0.6 is 0 Å². The Morgan fingerprint density at radius 1 is 1.35 bits per heavy atom. The van der Waals surface area contributed by atoms with Crippen LogP contribution in [-0.4, -0.2) is 38.5 Å². The number of esters is 1. The Balaban J connectivity index is 2.38. The van der Waals surface area contributed by atoms with Crippen LogP contribution in [-0.2, 0) is 19.4 Å². The number of methoxy groups -OCH3 is 1. The van der Waals surface area contributed by atoms with Gasteiger partial charge in [0.25, 0.3) is 0 Å². The van der Waals surface area contributed by atoms with E-state index in [0.29, 0.717) is 12.8 Å². The number of carbonyl (C=O) groups excluding carboxylic acids is 1. The first kappa shape index (κ1) is 14.8. The molecule has 1 heterocycles. The molecule has 0 spiro atoms. The molecule has 0 radical (unpaired) electrons. The Kier molecular flexibility index (Phi) is 4.04. The van der Waals surface area contributed by atoms with E-state index in [9.17, 15) is 13.2 Å². The first-order chi connectivity index (χ1) is 9.38. The number of nitrogens with one attached hydrogen (secondary N) is 1. The minimum atomic E-state index is -3.24. The number of benzene rings is 1. The summed E-state index contributed by atoms with van der Waals surface area (Å²) in [6, 6.07) is 7.48. The lowest BCUT2D eigenvalue weighted by Gasteiger charge is -2.36. The summed E-state index contributed by atoms with van der Waals surface area (Å²) < 4.78 is 28.7. The molecule has 0 aromatic heterocycles. The molecule has 1 fully saturated rings. The van der Waals surface area contributed by atoms with Crippen LogP contribution in [0.25, 0.3) is 0 Å². The minimum absolute atomic E-state index is 0.126.